The van der Waals surface area contributed by atoms with Gasteiger partial charge in [-0.25, -0.2) is 0 Å². The van der Waals surface area contributed by atoms with Gasteiger partial charge in [0.2, 0.25) is 0 Å². The van der Waals surface area contributed by atoms with Crippen molar-refractivity contribution in [1.29, 1.82) is 0 Å². The van der Waals surface area contributed by atoms with Gasteiger partial charge in [-0.3, -0.25) is 0 Å². The van der Waals surface area contributed by atoms with Gasteiger partial charge in [0.1, 0.15) is 0 Å². The summed E-state index contributed by atoms with van der Waals surface area (Å²) in [6.45, 7) is 8.75. The van der Waals surface area contributed by atoms with Gasteiger partial charge >= 0.3 is 0 Å². The van der Waals surface area contributed by atoms with E-state index in [0.29, 0.717) is 11.8 Å². The standard InChI is InChI=1S/C16H22S/c1-12(2)6-5-7-16(17)15-10-8-14(9-11-15)13(3)4/h5-13,17H,1-4H3/b6-5+,16-7-. The molecule has 0 spiro atoms. The van der Waals surface area contributed by atoms with Gasteiger partial charge in [-0.15, -0.1) is 12.6 Å². The summed E-state index contributed by atoms with van der Waals surface area (Å²) in [5.41, 5.74) is 2.54. The van der Waals surface area contributed by atoms with E-state index in [1.54, 1.807) is 0 Å². The van der Waals surface area contributed by atoms with E-state index in [1.807, 2.05) is 6.08 Å². The summed E-state index contributed by atoms with van der Waals surface area (Å²) in [6, 6.07) is 8.63. The van der Waals surface area contributed by atoms with Crippen LogP contribution in [0.3, 0.4) is 0 Å². The quantitative estimate of drug-likeness (QED) is 0.541. The van der Waals surface area contributed by atoms with Crippen LogP contribution in [0.1, 0.15) is 44.7 Å². The lowest BCUT2D eigenvalue weighted by molar-refractivity contribution is 0.832. The van der Waals surface area contributed by atoms with Crippen LogP contribution in [-0.4, -0.2) is 0 Å². The summed E-state index contributed by atoms with van der Waals surface area (Å²) in [5.74, 6) is 1.16. The minimum atomic E-state index is 0.579. The highest BCUT2D eigenvalue weighted by atomic mass is 32.1. The Kier molecular flexibility index (Phi) is 5.57. The van der Waals surface area contributed by atoms with Crippen LogP contribution in [0.5, 0.6) is 0 Å². The van der Waals surface area contributed by atoms with Crippen molar-refractivity contribution in [3.8, 4) is 0 Å². The Hall–Kier alpha value is -0.950. The molecule has 0 heterocycles. The molecular formula is C16H22S. The third kappa shape index (κ3) is 4.82. The first kappa shape index (κ1) is 14.1. The summed E-state index contributed by atoms with van der Waals surface area (Å²) in [7, 11) is 0. The predicted octanol–water partition coefficient (Wildman–Crippen LogP) is 5.29. The first-order valence-corrected chi connectivity index (χ1v) is 6.63. The molecule has 17 heavy (non-hydrogen) atoms. The number of benzene rings is 1. The summed E-state index contributed by atoms with van der Waals surface area (Å²) in [5, 5.41) is 0. The minimum Gasteiger partial charge on any atom is -0.143 e. The molecule has 0 amide bonds. The molecule has 1 rings (SSSR count). The van der Waals surface area contributed by atoms with Gasteiger partial charge in [-0.05, 0) is 29.0 Å². The lowest BCUT2D eigenvalue weighted by atomic mass is 10.0. The normalized spacial score (nSPS) is 13.0. The monoisotopic (exact) mass is 246 g/mol. The van der Waals surface area contributed by atoms with Gasteiger partial charge in [0.05, 0.1) is 0 Å². The topological polar surface area (TPSA) is 0 Å². The van der Waals surface area contributed by atoms with Crippen molar-refractivity contribution in [3.05, 3.63) is 53.6 Å². The molecule has 0 nitrogen and oxygen atoms in total. The van der Waals surface area contributed by atoms with E-state index in [1.165, 1.54) is 11.1 Å². The van der Waals surface area contributed by atoms with Crippen LogP contribution in [0.15, 0.2) is 42.5 Å². The summed E-state index contributed by atoms with van der Waals surface area (Å²) in [6.07, 6.45) is 6.29. The van der Waals surface area contributed by atoms with E-state index in [0.717, 1.165) is 4.91 Å². The maximum atomic E-state index is 4.52. The SMILES string of the molecule is CC(C)/C=C/C=C(\S)c1ccc(C(C)C)cc1. The molecule has 0 atom stereocenters. The van der Waals surface area contributed by atoms with Gasteiger partial charge in [-0.2, -0.15) is 0 Å². The van der Waals surface area contributed by atoms with Crippen LogP contribution < -0.4 is 0 Å². The van der Waals surface area contributed by atoms with Crippen LogP contribution in [0.25, 0.3) is 4.91 Å². The number of hydrogen-bond donors (Lipinski definition) is 1. The highest BCUT2D eigenvalue weighted by Gasteiger charge is 1.99. The molecule has 92 valence electrons. The molecule has 1 aromatic rings. The van der Waals surface area contributed by atoms with E-state index in [2.05, 4.69) is 76.7 Å². The smallest absolute Gasteiger partial charge is 0.0112 e. The Morgan fingerprint density at radius 2 is 1.65 bits per heavy atom. The maximum Gasteiger partial charge on any atom is 0.0112 e. The number of hydrogen-bond acceptors (Lipinski definition) is 1. The fraction of sp³-hybridized carbons (Fsp3) is 0.375. The van der Waals surface area contributed by atoms with Crippen LogP contribution >= 0.6 is 12.6 Å². The minimum absolute atomic E-state index is 0.579. The van der Waals surface area contributed by atoms with Crippen LogP contribution in [-0.2, 0) is 0 Å². The second-order valence-corrected chi connectivity index (χ2v) is 5.44. The Labute approximate surface area is 111 Å². The fourth-order valence-electron chi connectivity index (χ4n) is 1.50. The summed E-state index contributed by atoms with van der Waals surface area (Å²) >= 11 is 4.52. The van der Waals surface area contributed by atoms with Crippen molar-refractivity contribution in [2.75, 3.05) is 0 Å². The predicted molar refractivity (Wildman–Crippen MR) is 81.5 cm³/mol. The molecule has 0 aliphatic heterocycles. The zero-order valence-corrected chi connectivity index (χ0v) is 12.0. The van der Waals surface area contributed by atoms with E-state index < -0.39 is 0 Å². The second-order valence-electron chi connectivity index (χ2n) is 4.96. The molecular weight excluding hydrogens is 224 g/mol. The molecule has 0 N–H and O–H groups in total. The van der Waals surface area contributed by atoms with E-state index in [9.17, 15) is 0 Å². The zero-order chi connectivity index (χ0) is 12.8. The highest BCUT2D eigenvalue weighted by molar-refractivity contribution is 7.90. The van der Waals surface area contributed by atoms with Crippen molar-refractivity contribution < 1.29 is 0 Å². The van der Waals surface area contributed by atoms with Gasteiger partial charge in [0.15, 0.2) is 0 Å². The second kappa shape index (κ2) is 6.70. The average Bonchev–Trinajstić information content (AvgIpc) is 2.28. The van der Waals surface area contributed by atoms with Crippen molar-refractivity contribution >= 4 is 17.5 Å². The van der Waals surface area contributed by atoms with Crippen molar-refractivity contribution in [3.63, 3.8) is 0 Å². The Bertz CT molecular complexity index is 394. The molecule has 1 aromatic carbocycles. The Morgan fingerprint density at radius 1 is 1.06 bits per heavy atom. The first-order chi connectivity index (χ1) is 8.00. The van der Waals surface area contributed by atoms with Gasteiger partial charge < -0.3 is 0 Å². The van der Waals surface area contributed by atoms with Crippen LogP contribution in [0.4, 0.5) is 0 Å². The first-order valence-electron chi connectivity index (χ1n) is 6.18. The Balaban J connectivity index is 2.79. The molecule has 0 aromatic heterocycles. The number of allylic oxidation sites excluding steroid dienone is 3. The average molecular weight is 246 g/mol. The maximum absolute atomic E-state index is 4.52. The van der Waals surface area contributed by atoms with Crippen LogP contribution in [0.2, 0.25) is 0 Å². The number of rotatable bonds is 4. The van der Waals surface area contributed by atoms with Crippen LogP contribution in [0, 0.1) is 5.92 Å². The number of thiol groups is 1. The largest absolute Gasteiger partial charge is 0.143 e. The molecule has 0 saturated carbocycles. The third-order valence-corrected chi connectivity index (χ3v) is 3.03. The molecule has 0 saturated heterocycles. The summed E-state index contributed by atoms with van der Waals surface area (Å²) < 4.78 is 0. The van der Waals surface area contributed by atoms with Gasteiger partial charge in [-0.1, -0.05) is 64.1 Å². The highest BCUT2D eigenvalue weighted by Crippen LogP contribution is 2.21. The lowest BCUT2D eigenvalue weighted by Gasteiger charge is -2.06. The van der Waals surface area contributed by atoms with Crippen molar-refractivity contribution in [2.45, 2.75) is 33.6 Å². The van der Waals surface area contributed by atoms with E-state index in [4.69, 9.17) is 0 Å². The third-order valence-electron chi connectivity index (χ3n) is 2.62. The van der Waals surface area contributed by atoms with Gasteiger partial charge in [0, 0.05) is 4.91 Å². The van der Waals surface area contributed by atoms with E-state index in [-0.39, 0.29) is 0 Å². The molecule has 0 bridgehead atoms. The van der Waals surface area contributed by atoms with E-state index >= 15 is 0 Å². The molecule has 0 aliphatic carbocycles. The molecule has 1 heteroatoms. The van der Waals surface area contributed by atoms with Crippen molar-refractivity contribution in [2.24, 2.45) is 5.92 Å². The van der Waals surface area contributed by atoms with Gasteiger partial charge in [0.25, 0.3) is 0 Å². The lowest BCUT2D eigenvalue weighted by Crippen LogP contribution is -1.87. The molecule has 0 unspecified atom stereocenters. The molecule has 0 radical (unpaired) electrons. The van der Waals surface area contributed by atoms with Crippen molar-refractivity contribution in [1.82, 2.24) is 0 Å². The fourth-order valence-corrected chi connectivity index (χ4v) is 1.74. The Morgan fingerprint density at radius 3 is 2.12 bits per heavy atom. The zero-order valence-electron chi connectivity index (χ0n) is 11.1. The molecule has 0 fully saturated rings. The summed E-state index contributed by atoms with van der Waals surface area (Å²) in [4.78, 5) is 1.01. The molecule has 0 aliphatic rings.